The normalized spacial score (nSPS) is 20.9. The Morgan fingerprint density at radius 1 is 1.19 bits per heavy atom. The summed E-state index contributed by atoms with van der Waals surface area (Å²) in [7, 11) is 3.57. The molecule has 1 aromatic carbocycles. The minimum Gasteiger partial charge on any atom is -0.347 e. The Morgan fingerprint density at radius 2 is 1.93 bits per heavy atom. The minimum absolute atomic E-state index is 0.0650. The summed E-state index contributed by atoms with van der Waals surface area (Å²) in [6.45, 7) is 6.64. The first-order chi connectivity index (χ1) is 13.1. The van der Waals surface area contributed by atoms with E-state index in [9.17, 15) is 4.79 Å². The van der Waals surface area contributed by atoms with Crippen LogP contribution in [0, 0.1) is 5.92 Å². The minimum atomic E-state index is 0.0650. The van der Waals surface area contributed by atoms with Crippen LogP contribution in [0.3, 0.4) is 0 Å². The number of benzene rings is 1. The molecule has 1 aromatic rings. The molecule has 0 aliphatic carbocycles. The van der Waals surface area contributed by atoms with Crippen LogP contribution in [0.5, 0.6) is 0 Å². The van der Waals surface area contributed by atoms with Gasteiger partial charge in [-0.25, -0.2) is 4.99 Å². The summed E-state index contributed by atoms with van der Waals surface area (Å²) in [4.78, 5) is 23.4. The van der Waals surface area contributed by atoms with Gasteiger partial charge in [0.1, 0.15) is 0 Å². The first kappa shape index (κ1) is 19.7. The van der Waals surface area contributed by atoms with Crippen LogP contribution >= 0.6 is 0 Å². The number of nitrogens with one attached hydrogen (secondary N) is 1. The molecule has 1 N–H and O–H groups in total. The smallest absolute Gasteiger partial charge is 0.241 e. The fourth-order valence-electron chi connectivity index (χ4n) is 3.83. The lowest BCUT2D eigenvalue weighted by Gasteiger charge is -2.24. The van der Waals surface area contributed by atoms with Crippen molar-refractivity contribution in [3.8, 4) is 0 Å². The molecule has 1 amide bonds. The molecular formula is C21H33N5O. The van der Waals surface area contributed by atoms with Gasteiger partial charge in [-0.15, -0.1) is 0 Å². The van der Waals surface area contributed by atoms with Crippen LogP contribution in [0.25, 0.3) is 0 Å². The summed E-state index contributed by atoms with van der Waals surface area (Å²) in [5.41, 5.74) is 1.18. The zero-order valence-electron chi connectivity index (χ0n) is 16.7. The second-order valence-corrected chi connectivity index (χ2v) is 7.88. The van der Waals surface area contributed by atoms with Gasteiger partial charge in [0.2, 0.25) is 5.91 Å². The fourth-order valence-corrected chi connectivity index (χ4v) is 3.83. The molecule has 148 valence electrons. The summed E-state index contributed by atoms with van der Waals surface area (Å²) < 4.78 is 0. The van der Waals surface area contributed by atoms with Crippen molar-refractivity contribution in [1.29, 1.82) is 0 Å². The number of likely N-dealkylation sites (tertiary alicyclic amines) is 2. The summed E-state index contributed by atoms with van der Waals surface area (Å²) in [6.07, 6.45) is 3.88. The van der Waals surface area contributed by atoms with Gasteiger partial charge in [0, 0.05) is 33.7 Å². The van der Waals surface area contributed by atoms with Crippen LogP contribution in [0.1, 0.15) is 24.8 Å². The average Bonchev–Trinajstić information content (AvgIpc) is 3.35. The molecule has 2 heterocycles. The SMILES string of the molecule is CN(C)C(=O)CNC(=NCc1ccccc1)N1CCC(CN2CCCC2)C1. The van der Waals surface area contributed by atoms with Gasteiger partial charge in [-0.2, -0.15) is 0 Å². The van der Waals surface area contributed by atoms with Gasteiger partial charge in [-0.3, -0.25) is 4.79 Å². The molecule has 6 nitrogen and oxygen atoms in total. The van der Waals surface area contributed by atoms with Crippen LogP contribution in [0.2, 0.25) is 0 Å². The van der Waals surface area contributed by atoms with E-state index in [0.717, 1.165) is 19.0 Å². The highest BCUT2D eigenvalue weighted by Crippen LogP contribution is 2.20. The molecule has 0 radical (unpaired) electrons. The summed E-state index contributed by atoms with van der Waals surface area (Å²) in [5.74, 6) is 1.62. The largest absolute Gasteiger partial charge is 0.347 e. The van der Waals surface area contributed by atoms with E-state index in [1.807, 2.05) is 18.2 Å². The Kier molecular flexibility index (Phi) is 7.10. The van der Waals surface area contributed by atoms with E-state index in [1.54, 1.807) is 19.0 Å². The van der Waals surface area contributed by atoms with Crippen molar-refractivity contribution in [3.63, 3.8) is 0 Å². The number of rotatable bonds is 6. The molecule has 0 aromatic heterocycles. The summed E-state index contributed by atoms with van der Waals surface area (Å²) in [6, 6.07) is 10.3. The Morgan fingerprint density at radius 3 is 2.63 bits per heavy atom. The molecule has 6 heteroatoms. The van der Waals surface area contributed by atoms with Gasteiger partial charge in [-0.1, -0.05) is 30.3 Å². The van der Waals surface area contributed by atoms with E-state index in [2.05, 4.69) is 27.2 Å². The third-order valence-electron chi connectivity index (χ3n) is 5.45. The van der Waals surface area contributed by atoms with Crippen LogP contribution in [0.15, 0.2) is 35.3 Å². The predicted octanol–water partition coefficient (Wildman–Crippen LogP) is 1.64. The standard InChI is InChI=1S/C21H33N5O/c1-24(2)20(27)15-23-21(22-14-18-8-4-3-5-9-18)26-13-10-19(17-26)16-25-11-6-7-12-25/h3-5,8-9,19H,6-7,10-17H2,1-2H3,(H,22,23). The lowest BCUT2D eigenvalue weighted by Crippen LogP contribution is -2.44. The Bertz CT molecular complexity index is 625. The monoisotopic (exact) mass is 371 g/mol. The number of carbonyl (C=O) groups excluding carboxylic acids is 1. The van der Waals surface area contributed by atoms with Gasteiger partial charge >= 0.3 is 0 Å². The van der Waals surface area contributed by atoms with E-state index >= 15 is 0 Å². The summed E-state index contributed by atoms with van der Waals surface area (Å²) in [5, 5.41) is 3.30. The first-order valence-corrected chi connectivity index (χ1v) is 10.1. The third kappa shape index (κ3) is 5.96. The van der Waals surface area contributed by atoms with E-state index in [-0.39, 0.29) is 12.5 Å². The molecule has 0 bridgehead atoms. The highest BCUT2D eigenvalue weighted by Gasteiger charge is 2.27. The maximum absolute atomic E-state index is 12.0. The maximum Gasteiger partial charge on any atom is 0.241 e. The van der Waals surface area contributed by atoms with E-state index in [4.69, 9.17) is 4.99 Å². The zero-order chi connectivity index (χ0) is 19.1. The van der Waals surface area contributed by atoms with Crippen molar-refractivity contribution in [3.05, 3.63) is 35.9 Å². The first-order valence-electron chi connectivity index (χ1n) is 10.1. The molecule has 3 rings (SSSR count). The van der Waals surface area contributed by atoms with Gasteiger partial charge in [-0.05, 0) is 43.8 Å². The molecule has 0 spiro atoms. The third-order valence-corrected chi connectivity index (χ3v) is 5.45. The van der Waals surface area contributed by atoms with Crippen molar-refractivity contribution >= 4 is 11.9 Å². The fraction of sp³-hybridized carbons (Fsp3) is 0.619. The molecule has 2 aliphatic heterocycles. The van der Waals surface area contributed by atoms with Crippen LogP contribution in [0.4, 0.5) is 0 Å². The molecule has 2 aliphatic rings. The number of nitrogens with zero attached hydrogens (tertiary/aromatic N) is 4. The molecule has 1 unspecified atom stereocenters. The Balaban J connectivity index is 1.60. The second-order valence-electron chi connectivity index (χ2n) is 7.88. The van der Waals surface area contributed by atoms with E-state index in [0.29, 0.717) is 12.5 Å². The van der Waals surface area contributed by atoms with Gasteiger partial charge < -0.3 is 20.0 Å². The summed E-state index contributed by atoms with van der Waals surface area (Å²) >= 11 is 0. The van der Waals surface area contributed by atoms with Crippen molar-refractivity contribution in [2.45, 2.75) is 25.8 Å². The van der Waals surface area contributed by atoms with Gasteiger partial charge in [0.15, 0.2) is 5.96 Å². The highest BCUT2D eigenvalue weighted by atomic mass is 16.2. The molecule has 0 saturated carbocycles. The lowest BCUT2D eigenvalue weighted by molar-refractivity contribution is -0.127. The molecule has 1 atom stereocenters. The Labute approximate surface area is 163 Å². The van der Waals surface area contributed by atoms with E-state index < -0.39 is 0 Å². The Hall–Kier alpha value is -2.08. The van der Waals surface area contributed by atoms with Crippen molar-refractivity contribution < 1.29 is 4.79 Å². The number of hydrogen-bond donors (Lipinski definition) is 1. The van der Waals surface area contributed by atoms with Gasteiger partial charge in [0.05, 0.1) is 13.1 Å². The van der Waals surface area contributed by atoms with Crippen molar-refractivity contribution in [2.24, 2.45) is 10.9 Å². The maximum atomic E-state index is 12.0. The average molecular weight is 372 g/mol. The van der Waals surface area contributed by atoms with Crippen molar-refractivity contribution in [1.82, 2.24) is 20.0 Å². The number of carbonyl (C=O) groups is 1. The highest BCUT2D eigenvalue weighted by molar-refractivity contribution is 5.86. The topological polar surface area (TPSA) is 51.2 Å². The van der Waals surface area contributed by atoms with Gasteiger partial charge in [0.25, 0.3) is 0 Å². The van der Waals surface area contributed by atoms with Crippen LogP contribution in [-0.4, -0.2) is 79.9 Å². The second kappa shape index (κ2) is 9.74. The number of likely N-dealkylation sites (N-methyl/N-ethyl adjacent to an activating group) is 1. The molecule has 2 saturated heterocycles. The van der Waals surface area contributed by atoms with Crippen LogP contribution in [-0.2, 0) is 11.3 Å². The van der Waals surface area contributed by atoms with E-state index in [1.165, 1.54) is 44.5 Å². The number of aliphatic imine (C=N–C) groups is 1. The van der Waals surface area contributed by atoms with Crippen LogP contribution < -0.4 is 5.32 Å². The lowest BCUT2D eigenvalue weighted by atomic mass is 10.1. The number of guanidine groups is 1. The molecule has 2 fully saturated rings. The number of amides is 1. The predicted molar refractivity (Wildman–Crippen MR) is 110 cm³/mol. The quantitative estimate of drug-likeness (QED) is 0.610. The zero-order valence-corrected chi connectivity index (χ0v) is 16.7. The van der Waals surface area contributed by atoms with Crippen molar-refractivity contribution in [2.75, 3.05) is 53.4 Å². The number of hydrogen-bond acceptors (Lipinski definition) is 3. The molecule has 27 heavy (non-hydrogen) atoms. The molecular weight excluding hydrogens is 338 g/mol.